The van der Waals surface area contributed by atoms with Crippen molar-refractivity contribution in [1.82, 2.24) is 30.8 Å². The van der Waals surface area contributed by atoms with Gasteiger partial charge in [0.2, 0.25) is 5.82 Å². The first kappa shape index (κ1) is 19.8. The molecule has 3 heterocycles. The number of aromatic amines is 2. The Hall–Kier alpha value is -3.55. The second kappa shape index (κ2) is 9.30. The number of aliphatic imine (C=N–C) groups is 1. The van der Waals surface area contributed by atoms with Crippen molar-refractivity contribution in [3.8, 4) is 11.6 Å². The summed E-state index contributed by atoms with van der Waals surface area (Å²) in [6.07, 6.45) is 5.31. The molecule has 0 aliphatic heterocycles. The molecule has 3 aromatic heterocycles. The van der Waals surface area contributed by atoms with Gasteiger partial charge in [0.05, 0.1) is 6.26 Å². The van der Waals surface area contributed by atoms with Crippen molar-refractivity contribution in [2.45, 2.75) is 26.7 Å². The first-order valence-electron chi connectivity index (χ1n) is 10.3. The number of rotatable bonds is 8. The van der Waals surface area contributed by atoms with Crippen molar-refractivity contribution < 1.29 is 4.42 Å². The largest absolute Gasteiger partial charge is 0.461 e. The molecule has 0 amide bonds. The molecule has 30 heavy (non-hydrogen) atoms. The molecule has 0 bridgehead atoms. The minimum atomic E-state index is 0.568. The molecule has 156 valence electrons. The molecule has 0 saturated carbocycles. The van der Waals surface area contributed by atoms with Crippen molar-refractivity contribution in [1.29, 1.82) is 0 Å². The Morgan fingerprint density at radius 2 is 2.10 bits per heavy atom. The maximum atomic E-state index is 5.32. The normalized spacial score (nSPS) is 11.9. The molecular weight excluding hydrogens is 378 g/mol. The molecule has 4 aromatic rings. The average molecular weight is 406 g/mol. The van der Waals surface area contributed by atoms with Crippen molar-refractivity contribution in [2.75, 3.05) is 19.6 Å². The van der Waals surface area contributed by atoms with Gasteiger partial charge in [-0.05, 0) is 43.5 Å². The number of guanidine groups is 1. The van der Waals surface area contributed by atoms with Crippen molar-refractivity contribution in [3.05, 3.63) is 59.7 Å². The third-order valence-electron chi connectivity index (χ3n) is 4.93. The zero-order valence-electron chi connectivity index (χ0n) is 17.3. The monoisotopic (exact) mass is 405 g/mol. The molecule has 0 unspecified atom stereocenters. The van der Waals surface area contributed by atoms with Crippen molar-refractivity contribution in [2.24, 2.45) is 4.99 Å². The first-order chi connectivity index (χ1) is 14.7. The van der Waals surface area contributed by atoms with Gasteiger partial charge in [-0.2, -0.15) is 5.10 Å². The number of nitrogens with one attached hydrogen (secondary N) is 4. The second-order valence-electron chi connectivity index (χ2n) is 7.08. The Labute approximate surface area is 175 Å². The van der Waals surface area contributed by atoms with Gasteiger partial charge in [0.1, 0.15) is 5.82 Å². The lowest BCUT2D eigenvalue weighted by Gasteiger charge is -2.11. The summed E-state index contributed by atoms with van der Waals surface area (Å²) in [7, 11) is 0. The molecule has 0 aliphatic carbocycles. The standard InChI is InChI=1S/C22H27N7O/c1-3-23-22(24-11-9-16-14-26-20-15(2)6-4-7-17(16)20)25-12-10-19-27-21(29-28-19)18-8-5-13-30-18/h4-8,13-14,26H,3,9-12H2,1-2H3,(H2,23,24,25)(H,27,28,29). The molecule has 4 rings (SSSR count). The third-order valence-corrected chi connectivity index (χ3v) is 4.93. The average Bonchev–Trinajstić information content (AvgIpc) is 3.49. The smallest absolute Gasteiger partial charge is 0.216 e. The van der Waals surface area contributed by atoms with E-state index >= 15 is 0 Å². The lowest BCUT2D eigenvalue weighted by Crippen LogP contribution is -2.38. The topological polar surface area (TPSA) is 107 Å². The summed E-state index contributed by atoms with van der Waals surface area (Å²) in [5.74, 6) is 2.82. The van der Waals surface area contributed by atoms with Crippen LogP contribution in [0.2, 0.25) is 0 Å². The molecule has 8 heteroatoms. The molecule has 8 nitrogen and oxygen atoms in total. The van der Waals surface area contributed by atoms with Gasteiger partial charge in [0, 0.05) is 43.2 Å². The molecular formula is C22H27N7O. The number of para-hydroxylation sites is 1. The highest BCUT2D eigenvalue weighted by Crippen LogP contribution is 2.21. The number of aryl methyl sites for hydroxylation is 1. The van der Waals surface area contributed by atoms with E-state index in [9.17, 15) is 0 Å². The van der Waals surface area contributed by atoms with Gasteiger partial charge >= 0.3 is 0 Å². The van der Waals surface area contributed by atoms with Gasteiger partial charge in [-0.25, -0.2) is 4.98 Å². The van der Waals surface area contributed by atoms with E-state index in [1.807, 2.05) is 12.1 Å². The number of aromatic nitrogens is 4. The van der Waals surface area contributed by atoms with Gasteiger partial charge < -0.3 is 20.0 Å². The van der Waals surface area contributed by atoms with Crippen molar-refractivity contribution >= 4 is 16.9 Å². The fourth-order valence-electron chi connectivity index (χ4n) is 3.42. The summed E-state index contributed by atoms with van der Waals surface area (Å²) in [5, 5.41) is 15.1. The van der Waals surface area contributed by atoms with E-state index in [4.69, 9.17) is 4.42 Å². The molecule has 4 N–H and O–H groups in total. The molecule has 0 spiro atoms. The van der Waals surface area contributed by atoms with Crippen LogP contribution in [-0.4, -0.2) is 45.8 Å². The van der Waals surface area contributed by atoms with Crippen LogP contribution in [0.4, 0.5) is 0 Å². The number of benzene rings is 1. The van der Waals surface area contributed by atoms with Crippen LogP contribution < -0.4 is 10.6 Å². The van der Waals surface area contributed by atoms with Crippen LogP contribution in [-0.2, 0) is 12.8 Å². The zero-order chi connectivity index (χ0) is 20.8. The molecule has 0 radical (unpaired) electrons. The Bertz CT molecular complexity index is 1110. The lowest BCUT2D eigenvalue weighted by molar-refractivity contribution is 0.577. The van der Waals surface area contributed by atoms with Crippen molar-refractivity contribution in [3.63, 3.8) is 0 Å². The molecule has 1 aromatic carbocycles. The maximum Gasteiger partial charge on any atom is 0.216 e. The predicted octanol–water partition coefficient (Wildman–Crippen LogP) is 3.19. The Morgan fingerprint density at radius 1 is 1.17 bits per heavy atom. The summed E-state index contributed by atoms with van der Waals surface area (Å²) in [6.45, 7) is 6.41. The van der Waals surface area contributed by atoms with Crippen LogP contribution in [0.5, 0.6) is 0 Å². The Morgan fingerprint density at radius 3 is 2.93 bits per heavy atom. The van der Waals surface area contributed by atoms with E-state index in [1.54, 1.807) is 6.26 Å². The van der Waals surface area contributed by atoms with Crippen LogP contribution in [0.3, 0.4) is 0 Å². The molecule has 0 saturated heterocycles. The number of hydrogen-bond donors (Lipinski definition) is 4. The first-order valence-corrected chi connectivity index (χ1v) is 10.3. The van der Waals surface area contributed by atoms with Crippen LogP contribution in [0.1, 0.15) is 23.9 Å². The highest BCUT2D eigenvalue weighted by Gasteiger charge is 2.08. The van der Waals surface area contributed by atoms with E-state index in [2.05, 4.69) is 74.0 Å². The Kier molecular flexibility index (Phi) is 6.12. The summed E-state index contributed by atoms with van der Waals surface area (Å²) in [4.78, 5) is 12.5. The highest BCUT2D eigenvalue weighted by atomic mass is 16.3. The van der Waals surface area contributed by atoms with Gasteiger partial charge in [0.25, 0.3) is 0 Å². The number of H-pyrrole nitrogens is 2. The van der Waals surface area contributed by atoms with Gasteiger partial charge in [-0.15, -0.1) is 0 Å². The quantitative estimate of drug-likeness (QED) is 0.266. The highest BCUT2D eigenvalue weighted by molar-refractivity contribution is 5.86. The van der Waals surface area contributed by atoms with E-state index in [0.29, 0.717) is 24.6 Å². The third kappa shape index (κ3) is 4.53. The number of furan rings is 1. The minimum Gasteiger partial charge on any atom is -0.461 e. The Balaban J connectivity index is 1.31. The van der Waals surface area contributed by atoms with Gasteiger partial charge in [0.15, 0.2) is 11.7 Å². The summed E-state index contributed by atoms with van der Waals surface area (Å²) >= 11 is 0. The van der Waals surface area contributed by atoms with E-state index < -0.39 is 0 Å². The summed E-state index contributed by atoms with van der Waals surface area (Å²) in [5.41, 5.74) is 3.79. The number of nitrogens with zero attached hydrogens (tertiary/aromatic N) is 3. The van der Waals surface area contributed by atoms with E-state index in [-0.39, 0.29) is 0 Å². The summed E-state index contributed by atoms with van der Waals surface area (Å²) < 4.78 is 5.32. The molecule has 0 fully saturated rings. The zero-order valence-corrected chi connectivity index (χ0v) is 17.3. The van der Waals surface area contributed by atoms with Crippen LogP contribution >= 0.6 is 0 Å². The van der Waals surface area contributed by atoms with Gasteiger partial charge in [-0.3, -0.25) is 10.1 Å². The predicted molar refractivity (Wildman–Crippen MR) is 119 cm³/mol. The van der Waals surface area contributed by atoms with E-state index in [1.165, 1.54) is 22.0 Å². The fraction of sp³-hybridized carbons (Fsp3) is 0.318. The van der Waals surface area contributed by atoms with E-state index in [0.717, 1.165) is 31.3 Å². The number of fused-ring (bicyclic) bond motifs is 1. The fourth-order valence-corrected chi connectivity index (χ4v) is 3.42. The maximum absolute atomic E-state index is 5.32. The minimum absolute atomic E-state index is 0.568. The SMILES string of the molecule is CCNC(=NCCc1nc(-c2ccco2)n[nH]1)NCCc1c[nH]c2c(C)cccc12. The summed E-state index contributed by atoms with van der Waals surface area (Å²) in [6, 6.07) is 10.1. The molecule has 0 atom stereocenters. The second-order valence-corrected chi connectivity index (χ2v) is 7.08. The van der Waals surface area contributed by atoms with Crippen LogP contribution in [0, 0.1) is 6.92 Å². The lowest BCUT2D eigenvalue weighted by atomic mass is 10.1. The molecule has 0 aliphatic rings. The van der Waals surface area contributed by atoms with Gasteiger partial charge in [-0.1, -0.05) is 18.2 Å². The van der Waals surface area contributed by atoms with Crippen LogP contribution in [0.25, 0.3) is 22.5 Å². The number of hydrogen-bond acceptors (Lipinski definition) is 4. The van der Waals surface area contributed by atoms with Crippen LogP contribution in [0.15, 0.2) is 52.2 Å².